The second kappa shape index (κ2) is 9.63. The highest BCUT2D eigenvalue weighted by Gasteiger charge is 2.37. The Morgan fingerprint density at radius 3 is 2.64 bits per heavy atom. The summed E-state index contributed by atoms with van der Waals surface area (Å²) < 4.78 is 7.09. The molecule has 0 aliphatic carbocycles. The monoisotopic (exact) mass is 502 g/mol. The third-order valence-electron chi connectivity index (χ3n) is 4.99. The van der Waals surface area contributed by atoms with Crippen LogP contribution in [0.2, 0.25) is 10.0 Å². The van der Waals surface area contributed by atoms with Gasteiger partial charge >= 0.3 is 5.97 Å². The summed E-state index contributed by atoms with van der Waals surface area (Å²) in [5.74, 6) is -1.13. The number of para-hydroxylation sites is 1. The smallest absolute Gasteiger partial charge is 0.326 e. The van der Waals surface area contributed by atoms with Crippen LogP contribution in [0.4, 0.5) is 4.79 Å². The molecular formula is C24H20Cl2N2O4S. The van der Waals surface area contributed by atoms with Gasteiger partial charge in [0.25, 0.3) is 11.1 Å². The Balaban J connectivity index is 1.64. The van der Waals surface area contributed by atoms with Gasteiger partial charge in [0, 0.05) is 39.3 Å². The molecule has 0 atom stereocenters. The third-order valence-corrected chi connectivity index (χ3v) is 6.48. The fraction of sp³-hybridized carbons (Fsp3) is 0.208. The first kappa shape index (κ1) is 23.4. The number of ether oxygens (including phenoxy) is 1. The topological polar surface area (TPSA) is 68.6 Å². The van der Waals surface area contributed by atoms with E-state index in [-0.39, 0.29) is 11.0 Å². The summed E-state index contributed by atoms with van der Waals surface area (Å²) >= 11 is 13.2. The highest BCUT2D eigenvalue weighted by Crippen LogP contribution is 2.34. The SMILES string of the molecule is CC(C)OC(=O)CN1C(=O)S/C(=C\c2cn(Cc3ccc(Cl)cc3Cl)c3ccccc23)C1=O. The highest BCUT2D eigenvalue weighted by atomic mass is 35.5. The molecule has 1 aliphatic rings. The second-order valence-corrected chi connectivity index (χ2v) is 9.61. The average Bonchev–Trinajstić information content (AvgIpc) is 3.22. The normalized spacial score (nSPS) is 15.3. The van der Waals surface area contributed by atoms with Gasteiger partial charge in [-0.15, -0.1) is 0 Å². The van der Waals surface area contributed by atoms with Crippen molar-refractivity contribution in [2.24, 2.45) is 0 Å². The largest absolute Gasteiger partial charge is 0.462 e. The molecule has 3 aromatic rings. The Bertz CT molecular complexity index is 1300. The van der Waals surface area contributed by atoms with Gasteiger partial charge in [0.05, 0.1) is 11.0 Å². The van der Waals surface area contributed by atoms with Gasteiger partial charge in [-0.3, -0.25) is 19.3 Å². The number of fused-ring (bicyclic) bond motifs is 1. The fourth-order valence-corrected chi connectivity index (χ4v) is 4.86. The number of nitrogens with zero attached hydrogens (tertiary/aromatic N) is 2. The van der Waals surface area contributed by atoms with Crippen molar-refractivity contribution in [1.82, 2.24) is 9.47 Å². The second-order valence-electron chi connectivity index (χ2n) is 7.77. The third kappa shape index (κ3) is 5.11. The number of carbonyl (C=O) groups is 3. The predicted octanol–water partition coefficient (Wildman–Crippen LogP) is 5.98. The number of amides is 2. The van der Waals surface area contributed by atoms with E-state index in [9.17, 15) is 14.4 Å². The zero-order chi connectivity index (χ0) is 23.7. The van der Waals surface area contributed by atoms with Gasteiger partial charge in [-0.1, -0.05) is 47.5 Å². The number of hydrogen-bond acceptors (Lipinski definition) is 5. The Kier molecular flexibility index (Phi) is 6.83. The van der Waals surface area contributed by atoms with E-state index in [0.29, 0.717) is 16.6 Å². The summed E-state index contributed by atoms with van der Waals surface area (Å²) in [6.07, 6.45) is 3.27. The van der Waals surface area contributed by atoms with E-state index >= 15 is 0 Å². The summed E-state index contributed by atoms with van der Waals surface area (Å²) in [5.41, 5.74) is 2.64. The number of esters is 1. The maximum atomic E-state index is 12.8. The number of thioether (sulfide) groups is 1. The molecule has 0 saturated carbocycles. The number of halogens is 2. The Morgan fingerprint density at radius 2 is 1.91 bits per heavy atom. The molecule has 1 saturated heterocycles. The van der Waals surface area contributed by atoms with Crippen molar-refractivity contribution in [2.45, 2.75) is 26.5 Å². The lowest BCUT2D eigenvalue weighted by Gasteiger charge is -2.13. The van der Waals surface area contributed by atoms with Crippen LogP contribution in [0.3, 0.4) is 0 Å². The summed E-state index contributed by atoms with van der Waals surface area (Å²) in [6.45, 7) is 3.51. The first-order valence-electron chi connectivity index (χ1n) is 10.2. The van der Waals surface area contributed by atoms with Crippen LogP contribution in [0.1, 0.15) is 25.0 Å². The van der Waals surface area contributed by atoms with Crippen molar-refractivity contribution in [3.05, 3.63) is 74.7 Å². The van der Waals surface area contributed by atoms with E-state index in [1.165, 1.54) is 0 Å². The van der Waals surface area contributed by atoms with Crippen molar-refractivity contribution in [3.8, 4) is 0 Å². The van der Waals surface area contributed by atoms with Crippen molar-refractivity contribution in [3.63, 3.8) is 0 Å². The highest BCUT2D eigenvalue weighted by molar-refractivity contribution is 8.18. The summed E-state index contributed by atoms with van der Waals surface area (Å²) in [6, 6.07) is 13.1. The molecule has 4 rings (SSSR count). The summed E-state index contributed by atoms with van der Waals surface area (Å²) in [5, 5.41) is 1.56. The molecule has 0 N–H and O–H groups in total. The molecule has 2 heterocycles. The molecule has 1 aliphatic heterocycles. The van der Waals surface area contributed by atoms with E-state index in [1.54, 1.807) is 32.1 Å². The van der Waals surface area contributed by atoms with Gasteiger partial charge in [-0.05, 0) is 55.4 Å². The van der Waals surface area contributed by atoms with Crippen molar-refractivity contribution >= 4 is 69.1 Å². The minimum Gasteiger partial charge on any atom is -0.462 e. The molecule has 1 aromatic heterocycles. The molecule has 170 valence electrons. The van der Waals surface area contributed by atoms with Crippen LogP contribution in [-0.4, -0.2) is 39.2 Å². The average molecular weight is 503 g/mol. The molecular weight excluding hydrogens is 483 g/mol. The zero-order valence-corrected chi connectivity index (χ0v) is 20.2. The first-order valence-corrected chi connectivity index (χ1v) is 11.8. The van der Waals surface area contributed by atoms with Gasteiger partial charge in [0.2, 0.25) is 0 Å². The van der Waals surface area contributed by atoms with Crippen LogP contribution in [0.15, 0.2) is 53.6 Å². The minimum atomic E-state index is -0.620. The standard InChI is InChI=1S/C24H20Cl2N2O4S/c1-14(2)32-22(29)13-28-23(30)21(33-24(28)31)9-16-12-27(20-6-4-3-5-18(16)20)11-15-7-8-17(25)10-19(15)26/h3-10,12,14H,11,13H2,1-2H3/b21-9-. The van der Waals surface area contributed by atoms with Crippen LogP contribution in [0, 0.1) is 0 Å². The zero-order valence-electron chi connectivity index (χ0n) is 17.9. The minimum absolute atomic E-state index is 0.254. The molecule has 0 spiro atoms. The van der Waals surface area contributed by atoms with Crippen molar-refractivity contribution in [1.29, 1.82) is 0 Å². The number of carbonyl (C=O) groups excluding carboxylic acids is 3. The lowest BCUT2D eigenvalue weighted by Crippen LogP contribution is -2.35. The van der Waals surface area contributed by atoms with E-state index in [0.717, 1.165) is 38.7 Å². The van der Waals surface area contributed by atoms with Gasteiger partial charge in [0.15, 0.2) is 0 Å². The lowest BCUT2D eigenvalue weighted by atomic mass is 10.1. The van der Waals surface area contributed by atoms with Crippen LogP contribution < -0.4 is 0 Å². The number of aromatic nitrogens is 1. The Labute approximate surface area is 205 Å². The van der Waals surface area contributed by atoms with Crippen LogP contribution >= 0.6 is 35.0 Å². The lowest BCUT2D eigenvalue weighted by molar-refractivity contribution is -0.149. The molecule has 0 radical (unpaired) electrons. The van der Waals surface area contributed by atoms with Crippen LogP contribution in [-0.2, 0) is 20.9 Å². The fourth-order valence-electron chi connectivity index (χ4n) is 3.56. The van der Waals surface area contributed by atoms with Gasteiger partial charge in [-0.2, -0.15) is 0 Å². The van der Waals surface area contributed by atoms with E-state index in [1.807, 2.05) is 41.1 Å². The number of hydrogen-bond donors (Lipinski definition) is 0. The van der Waals surface area contributed by atoms with E-state index in [4.69, 9.17) is 27.9 Å². The first-order chi connectivity index (χ1) is 15.7. The Hall–Kier alpha value is -2.74. The molecule has 0 unspecified atom stereocenters. The number of rotatable bonds is 6. The molecule has 0 bridgehead atoms. The van der Waals surface area contributed by atoms with Gasteiger partial charge in [0.1, 0.15) is 6.54 Å². The van der Waals surface area contributed by atoms with Crippen LogP contribution in [0.25, 0.3) is 17.0 Å². The molecule has 2 amide bonds. The van der Waals surface area contributed by atoms with Gasteiger partial charge < -0.3 is 9.30 Å². The summed E-state index contributed by atoms with van der Waals surface area (Å²) in [4.78, 5) is 38.3. The van der Waals surface area contributed by atoms with Crippen molar-refractivity contribution < 1.29 is 19.1 Å². The number of imide groups is 1. The maximum absolute atomic E-state index is 12.8. The molecule has 6 nitrogen and oxygen atoms in total. The Morgan fingerprint density at radius 1 is 1.15 bits per heavy atom. The predicted molar refractivity (Wildman–Crippen MR) is 131 cm³/mol. The molecule has 2 aromatic carbocycles. The maximum Gasteiger partial charge on any atom is 0.326 e. The molecule has 33 heavy (non-hydrogen) atoms. The quantitative estimate of drug-likeness (QED) is 0.306. The number of benzene rings is 2. The van der Waals surface area contributed by atoms with Gasteiger partial charge in [-0.25, -0.2) is 0 Å². The van der Waals surface area contributed by atoms with Crippen LogP contribution in [0.5, 0.6) is 0 Å². The molecule has 9 heteroatoms. The molecule has 1 fully saturated rings. The summed E-state index contributed by atoms with van der Waals surface area (Å²) in [7, 11) is 0. The van der Waals surface area contributed by atoms with Crippen molar-refractivity contribution in [2.75, 3.05) is 6.54 Å². The van der Waals surface area contributed by atoms with E-state index in [2.05, 4.69) is 0 Å². The van der Waals surface area contributed by atoms with E-state index < -0.39 is 23.7 Å².